The van der Waals surface area contributed by atoms with Crippen LogP contribution in [0.3, 0.4) is 0 Å². The van der Waals surface area contributed by atoms with E-state index in [0.717, 1.165) is 37.9 Å². The molecule has 2 N–H and O–H groups in total. The van der Waals surface area contributed by atoms with E-state index in [-0.39, 0.29) is 0 Å². The highest BCUT2D eigenvalue weighted by Crippen LogP contribution is 2.39. The number of nitrogen functional groups attached to an aromatic ring is 1. The number of aromatic nitrogens is 1. The molecule has 0 saturated heterocycles. The van der Waals surface area contributed by atoms with Crippen LogP contribution in [0.2, 0.25) is 0 Å². The summed E-state index contributed by atoms with van der Waals surface area (Å²) in [6.07, 6.45) is 2.59. The number of hydrogen-bond acceptors (Lipinski definition) is 5. The van der Waals surface area contributed by atoms with Gasteiger partial charge in [-0.1, -0.05) is 11.8 Å². The molecular weight excluding hydrogens is 352 g/mol. The highest BCUT2D eigenvalue weighted by Gasteiger charge is 2.13. The molecule has 4 nitrogen and oxygen atoms in total. The molecule has 21 heavy (non-hydrogen) atoms. The van der Waals surface area contributed by atoms with E-state index in [1.807, 2.05) is 25.1 Å². The summed E-state index contributed by atoms with van der Waals surface area (Å²) >= 11 is 5.12. The zero-order valence-corrected chi connectivity index (χ0v) is 14.0. The number of pyridine rings is 1. The smallest absolute Gasteiger partial charge is 0.162 e. The second-order valence-corrected chi connectivity index (χ2v) is 6.57. The molecule has 1 aliphatic heterocycles. The molecule has 1 aromatic heterocycles. The maximum absolute atomic E-state index is 5.85. The maximum Gasteiger partial charge on any atom is 0.162 e. The van der Waals surface area contributed by atoms with Gasteiger partial charge in [0.05, 0.1) is 29.6 Å². The third kappa shape index (κ3) is 3.11. The molecule has 0 spiro atoms. The quantitative estimate of drug-likeness (QED) is 0.868. The Kier molecular flexibility index (Phi) is 4.26. The Hall–Kier alpha value is -1.40. The lowest BCUT2D eigenvalue weighted by molar-refractivity contribution is 0.297. The maximum atomic E-state index is 5.85. The number of benzene rings is 1. The average molecular weight is 367 g/mol. The molecule has 1 aromatic carbocycles. The number of anilines is 1. The van der Waals surface area contributed by atoms with E-state index < -0.39 is 0 Å². The van der Waals surface area contributed by atoms with Crippen LogP contribution in [0.1, 0.15) is 12.0 Å². The molecule has 0 saturated carbocycles. The van der Waals surface area contributed by atoms with Crippen LogP contribution in [0.4, 0.5) is 5.69 Å². The lowest BCUT2D eigenvalue weighted by Gasteiger charge is -2.11. The summed E-state index contributed by atoms with van der Waals surface area (Å²) in [5.74, 6) is 1.60. The van der Waals surface area contributed by atoms with Gasteiger partial charge in [0, 0.05) is 11.3 Å². The van der Waals surface area contributed by atoms with Crippen molar-refractivity contribution in [3.05, 3.63) is 34.4 Å². The van der Waals surface area contributed by atoms with Crippen molar-refractivity contribution in [1.29, 1.82) is 0 Å². The van der Waals surface area contributed by atoms with Crippen molar-refractivity contribution >= 4 is 33.4 Å². The van der Waals surface area contributed by atoms with Crippen LogP contribution in [0, 0.1) is 6.92 Å². The molecule has 2 heterocycles. The highest BCUT2D eigenvalue weighted by atomic mass is 79.9. The molecule has 0 bridgehead atoms. The standard InChI is InChI=1S/C15H15BrN2O2S/c1-9-11(17)8-18-15(14(9)16)21-10-3-4-12-13(7-10)20-6-2-5-19-12/h3-4,7-8H,2,5-6,17H2,1H3. The van der Waals surface area contributed by atoms with E-state index in [0.29, 0.717) is 18.9 Å². The van der Waals surface area contributed by atoms with Gasteiger partial charge in [-0.25, -0.2) is 4.98 Å². The van der Waals surface area contributed by atoms with Gasteiger partial charge < -0.3 is 15.2 Å². The summed E-state index contributed by atoms with van der Waals surface area (Å²) in [7, 11) is 0. The van der Waals surface area contributed by atoms with Crippen molar-refractivity contribution in [1.82, 2.24) is 4.98 Å². The van der Waals surface area contributed by atoms with Crippen molar-refractivity contribution in [2.75, 3.05) is 18.9 Å². The van der Waals surface area contributed by atoms with Crippen molar-refractivity contribution in [2.45, 2.75) is 23.3 Å². The summed E-state index contributed by atoms with van der Waals surface area (Å²) in [5, 5.41) is 0.885. The molecule has 110 valence electrons. The SMILES string of the molecule is Cc1c(N)cnc(Sc2ccc3c(c2)OCCCO3)c1Br. The monoisotopic (exact) mass is 366 g/mol. The fraction of sp³-hybridized carbons (Fsp3) is 0.267. The third-order valence-electron chi connectivity index (χ3n) is 3.20. The molecule has 0 amide bonds. The Labute approximate surface area is 136 Å². The molecule has 0 fully saturated rings. The molecule has 3 rings (SSSR count). The van der Waals surface area contributed by atoms with E-state index in [4.69, 9.17) is 15.2 Å². The molecule has 1 aliphatic rings. The number of hydrogen-bond donors (Lipinski definition) is 1. The first-order valence-electron chi connectivity index (χ1n) is 6.63. The number of nitrogens with zero attached hydrogens (tertiary/aromatic N) is 1. The second kappa shape index (κ2) is 6.15. The van der Waals surface area contributed by atoms with Crippen LogP contribution >= 0.6 is 27.7 Å². The van der Waals surface area contributed by atoms with Gasteiger partial charge in [-0.05, 0) is 46.6 Å². The Bertz CT molecular complexity index is 679. The van der Waals surface area contributed by atoms with Crippen LogP contribution in [0.25, 0.3) is 0 Å². The van der Waals surface area contributed by atoms with Crippen LogP contribution in [-0.4, -0.2) is 18.2 Å². The largest absolute Gasteiger partial charge is 0.490 e. The molecule has 0 aliphatic carbocycles. The average Bonchev–Trinajstić information content (AvgIpc) is 2.73. The van der Waals surface area contributed by atoms with Gasteiger partial charge in [0.2, 0.25) is 0 Å². The predicted octanol–water partition coefficient (Wildman–Crippen LogP) is 4.05. The first-order chi connectivity index (χ1) is 10.1. The Morgan fingerprint density at radius 3 is 2.81 bits per heavy atom. The molecule has 2 aromatic rings. The number of nitrogens with two attached hydrogens (primary N) is 1. The first-order valence-corrected chi connectivity index (χ1v) is 8.24. The van der Waals surface area contributed by atoms with E-state index in [1.54, 1.807) is 18.0 Å². The summed E-state index contributed by atoms with van der Waals surface area (Å²) in [4.78, 5) is 5.44. The molecule has 0 atom stereocenters. The van der Waals surface area contributed by atoms with E-state index in [1.165, 1.54) is 0 Å². The van der Waals surface area contributed by atoms with E-state index >= 15 is 0 Å². The molecule has 0 radical (unpaired) electrons. The predicted molar refractivity (Wildman–Crippen MR) is 87.3 cm³/mol. The summed E-state index contributed by atoms with van der Waals surface area (Å²) in [6, 6.07) is 5.95. The van der Waals surface area contributed by atoms with Gasteiger partial charge in [-0.3, -0.25) is 0 Å². The van der Waals surface area contributed by atoms with Crippen LogP contribution in [0.5, 0.6) is 11.5 Å². The van der Waals surface area contributed by atoms with Crippen molar-refractivity contribution in [3.8, 4) is 11.5 Å². The Morgan fingerprint density at radius 2 is 2.00 bits per heavy atom. The van der Waals surface area contributed by atoms with Gasteiger partial charge >= 0.3 is 0 Å². The number of ether oxygens (including phenoxy) is 2. The Morgan fingerprint density at radius 1 is 1.24 bits per heavy atom. The van der Waals surface area contributed by atoms with Crippen molar-refractivity contribution in [2.24, 2.45) is 0 Å². The number of halogens is 1. The van der Waals surface area contributed by atoms with Gasteiger partial charge in [-0.2, -0.15) is 0 Å². The van der Waals surface area contributed by atoms with E-state index in [9.17, 15) is 0 Å². The van der Waals surface area contributed by atoms with Gasteiger partial charge in [0.25, 0.3) is 0 Å². The normalized spacial score (nSPS) is 13.8. The number of fused-ring (bicyclic) bond motifs is 1. The topological polar surface area (TPSA) is 57.4 Å². The zero-order valence-electron chi connectivity index (χ0n) is 11.6. The minimum atomic E-state index is 0.685. The number of rotatable bonds is 2. The van der Waals surface area contributed by atoms with Crippen molar-refractivity contribution < 1.29 is 9.47 Å². The fourth-order valence-corrected chi connectivity index (χ4v) is 3.41. The fourth-order valence-electron chi connectivity index (χ4n) is 1.96. The summed E-state index contributed by atoms with van der Waals surface area (Å²) in [6.45, 7) is 3.35. The van der Waals surface area contributed by atoms with Crippen molar-refractivity contribution in [3.63, 3.8) is 0 Å². The van der Waals surface area contributed by atoms with Gasteiger partial charge in [0.1, 0.15) is 5.03 Å². The molecular formula is C15H15BrN2O2S. The summed E-state index contributed by atoms with van der Waals surface area (Å²) < 4.78 is 12.3. The second-order valence-electron chi connectivity index (χ2n) is 4.72. The van der Waals surface area contributed by atoms with E-state index in [2.05, 4.69) is 20.9 Å². The Balaban J connectivity index is 1.89. The minimum absolute atomic E-state index is 0.685. The van der Waals surface area contributed by atoms with Crippen LogP contribution < -0.4 is 15.2 Å². The van der Waals surface area contributed by atoms with Gasteiger partial charge in [0.15, 0.2) is 11.5 Å². The van der Waals surface area contributed by atoms with Crippen LogP contribution in [0.15, 0.2) is 38.8 Å². The lowest BCUT2D eigenvalue weighted by atomic mass is 10.3. The molecule has 0 unspecified atom stereocenters. The third-order valence-corrected chi connectivity index (χ3v) is 5.43. The lowest BCUT2D eigenvalue weighted by Crippen LogP contribution is -1.97. The summed E-state index contributed by atoms with van der Waals surface area (Å²) in [5.41, 5.74) is 7.54. The van der Waals surface area contributed by atoms with Crippen LogP contribution in [-0.2, 0) is 0 Å². The first kappa shape index (κ1) is 14.5. The van der Waals surface area contributed by atoms with Gasteiger partial charge in [-0.15, -0.1) is 0 Å². The zero-order chi connectivity index (χ0) is 14.8. The highest BCUT2D eigenvalue weighted by molar-refractivity contribution is 9.10. The molecule has 6 heteroatoms. The minimum Gasteiger partial charge on any atom is -0.490 e.